The maximum Gasteiger partial charge on any atom is 0.129 e. The first-order valence-electron chi connectivity index (χ1n) is 5.50. The minimum Gasteiger partial charge on any atom is -0.309 e. The molecule has 1 nitrogen and oxygen atoms in total. The Morgan fingerprint density at radius 1 is 1.22 bits per heavy atom. The molecule has 0 amide bonds. The standard InChI is InChI=1S/C14H12BrClFN/c1-18-14(9-4-2-5-10(16)8-9)13-11(15)6-3-7-12(13)17/h2-8,14,18H,1H3. The van der Waals surface area contributed by atoms with Gasteiger partial charge in [-0.25, -0.2) is 4.39 Å². The van der Waals surface area contributed by atoms with E-state index in [9.17, 15) is 4.39 Å². The molecule has 1 atom stereocenters. The third kappa shape index (κ3) is 2.74. The van der Waals surface area contributed by atoms with Crippen LogP contribution in [-0.2, 0) is 0 Å². The van der Waals surface area contributed by atoms with Crippen molar-refractivity contribution in [2.24, 2.45) is 0 Å². The highest BCUT2D eigenvalue weighted by Crippen LogP contribution is 2.31. The van der Waals surface area contributed by atoms with Crippen LogP contribution in [0.3, 0.4) is 0 Å². The van der Waals surface area contributed by atoms with E-state index < -0.39 is 0 Å². The summed E-state index contributed by atoms with van der Waals surface area (Å²) in [6, 6.07) is 12.1. The molecular formula is C14H12BrClFN. The molecule has 0 aliphatic heterocycles. The molecule has 0 aromatic heterocycles. The van der Waals surface area contributed by atoms with Gasteiger partial charge in [0.1, 0.15) is 5.82 Å². The van der Waals surface area contributed by atoms with Gasteiger partial charge >= 0.3 is 0 Å². The lowest BCUT2D eigenvalue weighted by molar-refractivity contribution is 0.574. The Morgan fingerprint density at radius 2 is 1.94 bits per heavy atom. The van der Waals surface area contributed by atoms with Crippen molar-refractivity contribution in [3.63, 3.8) is 0 Å². The lowest BCUT2D eigenvalue weighted by Gasteiger charge is -2.19. The van der Waals surface area contributed by atoms with Crippen LogP contribution in [0.2, 0.25) is 5.02 Å². The van der Waals surface area contributed by atoms with Crippen molar-refractivity contribution in [3.05, 3.63) is 68.9 Å². The molecule has 18 heavy (non-hydrogen) atoms. The number of halogens is 3. The zero-order valence-corrected chi connectivity index (χ0v) is 12.1. The van der Waals surface area contributed by atoms with Crippen LogP contribution in [0.15, 0.2) is 46.9 Å². The van der Waals surface area contributed by atoms with Crippen LogP contribution in [0.1, 0.15) is 17.2 Å². The average molecular weight is 329 g/mol. The number of hydrogen-bond acceptors (Lipinski definition) is 1. The predicted octanol–water partition coefficient (Wildman–Crippen LogP) is 4.55. The summed E-state index contributed by atoms with van der Waals surface area (Å²) in [7, 11) is 1.80. The minimum atomic E-state index is -0.247. The van der Waals surface area contributed by atoms with Crippen molar-refractivity contribution in [1.82, 2.24) is 5.32 Å². The number of rotatable bonds is 3. The highest BCUT2D eigenvalue weighted by atomic mass is 79.9. The summed E-state index contributed by atoms with van der Waals surface area (Å²) in [6.45, 7) is 0. The molecule has 0 bridgehead atoms. The van der Waals surface area contributed by atoms with Crippen LogP contribution >= 0.6 is 27.5 Å². The van der Waals surface area contributed by atoms with Gasteiger partial charge in [-0.1, -0.05) is 45.7 Å². The van der Waals surface area contributed by atoms with Crippen molar-refractivity contribution in [2.45, 2.75) is 6.04 Å². The second-order valence-electron chi connectivity index (χ2n) is 3.91. The Hall–Kier alpha value is -0.900. The third-order valence-electron chi connectivity index (χ3n) is 2.76. The van der Waals surface area contributed by atoms with Crippen LogP contribution in [0.4, 0.5) is 4.39 Å². The van der Waals surface area contributed by atoms with Gasteiger partial charge in [-0.3, -0.25) is 0 Å². The fourth-order valence-corrected chi connectivity index (χ4v) is 2.72. The van der Waals surface area contributed by atoms with Crippen LogP contribution in [0.25, 0.3) is 0 Å². The van der Waals surface area contributed by atoms with E-state index in [4.69, 9.17) is 11.6 Å². The van der Waals surface area contributed by atoms with E-state index in [1.807, 2.05) is 24.3 Å². The minimum absolute atomic E-state index is 0.237. The molecule has 4 heteroatoms. The molecule has 0 spiro atoms. The van der Waals surface area contributed by atoms with Gasteiger partial charge in [-0.15, -0.1) is 0 Å². The lowest BCUT2D eigenvalue weighted by atomic mass is 9.98. The van der Waals surface area contributed by atoms with Gasteiger partial charge in [0.2, 0.25) is 0 Å². The highest BCUT2D eigenvalue weighted by molar-refractivity contribution is 9.10. The molecular weight excluding hydrogens is 317 g/mol. The Bertz CT molecular complexity index is 539. The Kier molecular flexibility index (Phi) is 4.38. The van der Waals surface area contributed by atoms with E-state index in [0.29, 0.717) is 10.6 Å². The molecule has 0 aliphatic carbocycles. The van der Waals surface area contributed by atoms with Gasteiger partial charge in [0, 0.05) is 15.1 Å². The monoisotopic (exact) mass is 327 g/mol. The van der Waals surface area contributed by atoms with Crippen molar-refractivity contribution in [3.8, 4) is 0 Å². The second kappa shape index (κ2) is 5.83. The molecule has 0 saturated heterocycles. The molecule has 0 radical (unpaired) electrons. The molecule has 2 rings (SSSR count). The van der Waals surface area contributed by atoms with E-state index in [-0.39, 0.29) is 11.9 Å². The molecule has 1 N–H and O–H groups in total. The van der Waals surface area contributed by atoms with Crippen LogP contribution in [0.5, 0.6) is 0 Å². The summed E-state index contributed by atoms with van der Waals surface area (Å²) in [5.41, 5.74) is 1.51. The van der Waals surface area contributed by atoms with Gasteiger partial charge in [-0.05, 0) is 36.9 Å². The normalized spacial score (nSPS) is 12.4. The fourth-order valence-electron chi connectivity index (χ4n) is 1.95. The SMILES string of the molecule is CNC(c1cccc(Cl)c1)c1c(F)cccc1Br. The second-order valence-corrected chi connectivity index (χ2v) is 5.20. The van der Waals surface area contributed by atoms with Crippen LogP contribution in [-0.4, -0.2) is 7.05 Å². The maximum atomic E-state index is 14.0. The topological polar surface area (TPSA) is 12.0 Å². The molecule has 94 valence electrons. The maximum absolute atomic E-state index is 14.0. The highest BCUT2D eigenvalue weighted by Gasteiger charge is 2.19. The van der Waals surface area contributed by atoms with E-state index >= 15 is 0 Å². The smallest absolute Gasteiger partial charge is 0.129 e. The lowest BCUT2D eigenvalue weighted by Crippen LogP contribution is -2.19. The first kappa shape index (κ1) is 13.5. The van der Waals surface area contributed by atoms with Crippen molar-refractivity contribution < 1.29 is 4.39 Å². The van der Waals surface area contributed by atoms with Crippen molar-refractivity contribution >= 4 is 27.5 Å². The van der Waals surface area contributed by atoms with Gasteiger partial charge in [0.25, 0.3) is 0 Å². The molecule has 0 saturated carbocycles. The molecule has 0 fully saturated rings. The Labute approximate surface area is 119 Å². The predicted molar refractivity (Wildman–Crippen MR) is 76.5 cm³/mol. The van der Waals surface area contributed by atoms with Gasteiger partial charge < -0.3 is 5.32 Å². The summed E-state index contributed by atoms with van der Waals surface area (Å²) in [6.07, 6.45) is 0. The van der Waals surface area contributed by atoms with Crippen LogP contribution in [0, 0.1) is 5.82 Å². The number of nitrogens with one attached hydrogen (secondary N) is 1. The zero-order chi connectivity index (χ0) is 13.1. The summed E-state index contributed by atoms with van der Waals surface area (Å²) < 4.78 is 14.7. The van der Waals surface area contributed by atoms with E-state index in [2.05, 4.69) is 21.2 Å². The van der Waals surface area contributed by atoms with Crippen LogP contribution < -0.4 is 5.32 Å². The van der Waals surface area contributed by atoms with E-state index in [1.54, 1.807) is 19.2 Å². The largest absolute Gasteiger partial charge is 0.309 e. The molecule has 0 aliphatic rings. The van der Waals surface area contributed by atoms with Gasteiger partial charge in [-0.2, -0.15) is 0 Å². The molecule has 2 aromatic rings. The Morgan fingerprint density at radius 3 is 2.56 bits per heavy atom. The summed E-state index contributed by atoms with van der Waals surface area (Å²) in [4.78, 5) is 0. The molecule has 0 heterocycles. The summed E-state index contributed by atoms with van der Waals surface area (Å²) >= 11 is 9.37. The van der Waals surface area contributed by atoms with E-state index in [1.165, 1.54) is 6.07 Å². The first-order chi connectivity index (χ1) is 8.63. The van der Waals surface area contributed by atoms with Gasteiger partial charge in [0.05, 0.1) is 6.04 Å². The average Bonchev–Trinajstić information content (AvgIpc) is 2.34. The Balaban J connectivity index is 2.52. The van der Waals surface area contributed by atoms with Gasteiger partial charge in [0.15, 0.2) is 0 Å². The summed E-state index contributed by atoms with van der Waals surface area (Å²) in [5.74, 6) is -0.247. The zero-order valence-electron chi connectivity index (χ0n) is 9.75. The fraction of sp³-hybridized carbons (Fsp3) is 0.143. The van der Waals surface area contributed by atoms with Crippen molar-refractivity contribution in [2.75, 3.05) is 7.05 Å². The number of hydrogen-bond donors (Lipinski definition) is 1. The summed E-state index contributed by atoms with van der Waals surface area (Å²) in [5, 5.41) is 3.75. The van der Waals surface area contributed by atoms with Crippen molar-refractivity contribution in [1.29, 1.82) is 0 Å². The first-order valence-corrected chi connectivity index (χ1v) is 6.67. The quantitative estimate of drug-likeness (QED) is 0.871. The molecule has 2 aromatic carbocycles. The molecule has 1 unspecified atom stereocenters. The number of benzene rings is 2. The van der Waals surface area contributed by atoms with E-state index in [0.717, 1.165) is 10.0 Å². The third-order valence-corrected chi connectivity index (χ3v) is 3.69.